The average Bonchev–Trinajstić information content (AvgIpc) is 3.12. The monoisotopic (exact) mass is 299 g/mol. The van der Waals surface area contributed by atoms with E-state index in [1.54, 1.807) is 0 Å². The maximum absolute atomic E-state index is 13.3. The van der Waals surface area contributed by atoms with Crippen molar-refractivity contribution in [1.82, 2.24) is 9.55 Å². The predicted octanol–water partition coefficient (Wildman–Crippen LogP) is 4.28. The molecule has 1 fully saturated rings. The lowest BCUT2D eigenvalue weighted by atomic mass is 10.3. The zero-order valence-corrected chi connectivity index (χ0v) is 11.5. The summed E-state index contributed by atoms with van der Waals surface area (Å²) in [5.74, 6) is -0.586. The minimum Gasteiger partial charge on any atom is -0.379 e. The van der Waals surface area contributed by atoms with E-state index in [1.807, 2.05) is 12.5 Å². The van der Waals surface area contributed by atoms with Gasteiger partial charge in [-0.3, -0.25) is 0 Å². The summed E-state index contributed by atoms with van der Waals surface area (Å²) >= 11 is 11.5. The van der Waals surface area contributed by atoms with Gasteiger partial charge in [-0.2, -0.15) is 0 Å². The van der Waals surface area contributed by atoms with Crippen molar-refractivity contribution in [3.05, 3.63) is 46.2 Å². The van der Waals surface area contributed by atoms with Crippen LogP contribution < -0.4 is 5.32 Å². The van der Waals surface area contributed by atoms with Crippen LogP contribution in [-0.4, -0.2) is 9.55 Å². The summed E-state index contributed by atoms with van der Waals surface area (Å²) < 4.78 is 15.5. The van der Waals surface area contributed by atoms with Gasteiger partial charge in [-0.15, -0.1) is 0 Å². The largest absolute Gasteiger partial charge is 0.379 e. The molecule has 19 heavy (non-hydrogen) atoms. The molecule has 3 nitrogen and oxygen atoms in total. The van der Waals surface area contributed by atoms with E-state index in [0.29, 0.717) is 18.3 Å². The SMILES string of the molecule is Fc1c(Cl)cc(NCc2cncn2C2CC2)cc1Cl. The van der Waals surface area contributed by atoms with Crippen LogP contribution in [0.5, 0.6) is 0 Å². The standard InChI is InChI=1S/C13H12Cl2FN3/c14-11-3-8(4-12(15)13(11)16)18-6-10-5-17-7-19(10)9-1-2-9/h3-5,7,9,18H,1-2,6H2. The van der Waals surface area contributed by atoms with E-state index in [-0.39, 0.29) is 10.0 Å². The molecule has 1 aromatic carbocycles. The fourth-order valence-corrected chi connectivity index (χ4v) is 2.49. The topological polar surface area (TPSA) is 29.9 Å². The molecule has 2 aromatic rings. The highest BCUT2D eigenvalue weighted by Gasteiger charge is 2.24. The number of halogens is 3. The van der Waals surface area contributed by atoms with E-state index in [0.717, 1.165) is 5.69 Å². The maximum atomic E-state index is 13.3. The van der Waals surface area contributed by atoms with E-state index < -0.39 is 5.82 Å². The van der Waals surface area contributed by atoms with Crippen LogP contribution in [0.1, 0.15) is 24.6 Å². The minimum absolute atomic E-state index is 0.0192. The Morgan fingerprint density at radius 1 is 1.32 bits per heavy atom. The molecule has 0 radical (unpaired) electrons. The van der Waals surface area contributed by atoms with Crippen LogP contribution in [0.15, 0.2) is 24.7 Å². The number of anilines is 1. The number of nitrogens with one attached hydrogen (secondary N) is 1. The van der Waals surface area contributed by atoms with Gasteiger partial charge in [-0.1, -0.05) is 23.2 Å². The lowest BCUT2D eigenvalue weighted by molar-refractivity contribution is 0.629. The second kappa shape index (κ2) is 5.02. The van der Waals surface area contributed by atoms with Gasteiger partial charge in [0.25, 0.3) is 0 Å². The third kappa shape index (κ3) is 2.69. The highest BCUT2D eigenvalue weighted by molar-refractivity contribution is 6.35. The minimum atomic E-state index is -0.586. The smallest absolute Gasteiger partial charge is 0.160 e. The third-order valence-electron chi connectivity index (χ3n) is 3.14. The van der Waals surface area contributed by atoms with Crippen molar-refractivity contribution in [2.75, 3.05) is 5.32 Å². The second-order valence-electron chi connectivity index (χ2n) is 4.63. The van der Waals surface area contributed by atoms with Crippen molar-refractivity contribution in [2.45, 2.75) is 25.4 Å². The van der Waals surface area contributed by atoms with Crippen molar-refractivity contribution in [2.24, 2.45) is 0 Å². The average molecular weight is 300 g/mol. The van der Waals surface area contributed by atoms with Gasteiger partial charge in [0.05, 0.1) is 28.6 Å². The molecule has 0 atom stereocenters. The summed E-state index contributed by atoms with van der Waals surface area (Å²) in [6.45, 7) is 0.606. The predicted molar refractivity (Wildman–Crippen MR) is 74.2 cm³/mol. The van der Waals surface area contributed by atoms with E-state index in [1.165, 1.54) is 25.0 Å². The fraction of sp³-hybridized carbons (Fsp3) is 0.308. The van der Waals surface area contributed by atoms with Crippen molar-refractivity contribution in [3.63, 3.8) is 0 Å². The van der Waals surface area contributed by atoms with Crippen molar-refractivity contribution >= 4 is 28.9 Å². The Balaban J connectivity index is 1.73. The zero-order valence-electron chi connectivity index (χ0n) is 10.0. The Morgan fingerprint density at radius 3 is 2.63 bits per heavy atom. The first kappa shape index (κ1) is 12.8. The van der Waals surface area contributed by atoms with Crippen LogP contribution in [0.4, 0.5) is 10.1 Å². The third-order valence-corrected chi connectivity index (χ3v) is 3.69. The lowest BCUT2D eigenvalue weighted by Crippen LogP contribution is -2.06. The van der Waals surface area contributed by atoms with Gasteiger partial charge < -0.3 is 9.88 Å². The summed E-state index contributed by atoms with van der Waals surface area (Å²) in [4.78, 5) is 4.16. The highest BCUT2D eigenvalue weighted by Crippen LogP contribution is 2.35. The highest BCUT2D eigenvalue weighted by atomic mass is 35.5. The molecule has 1 N–H and O–H groups in total. The lowest BCUT2D eigenvalue weighted by Gasteiger charge is -2.10. The Kier molecular flexibility index (Phi) is 3.37. The quantitative estimate of drug-likeness (QED) is 0.854. The van der Waals surface area contributed by atoms with Crippen LogP contribution in [0.3, 0.4) is 0 Å². The molecule has 0 saturated heterocycles. The molecule has 0 aliphatic heterocycles. The molecule has 3 rings (SSSR count). The molecule has 0 spiro atoms. The molecule has 1 saturated carbocycles. The Hall–Kier alpha value is -1.26. The molecule has 0 amide bonds. The normalized spacial score (nSPS) is 14.7. The number of hydrogen-bond acceptors (Lipinski definition) is 2. The van der Waals surface area contributed by atoms with Gasteiger partial charge in [-0.05, 0) is 25.0 Å². The number of hydrogen-bond donors (Lipinski definition) is 1. The molecule has 0 bridgehead atoms. The molecule has 1 heterocycles. The van der Waals surface area contributed by atoms with Gasteiger partial charge >= 0.3 is 0 Å². The Labute approximate surface area is 120 Å². The second-order valence-corrected chi connectivity index (χ2v) is 5.45. The summed E-state index contributed by atoms with van der Waals surface area (Å²) in [5, 5.41) is 3.22. The summed E-state index contributed by atoms with van der Waals surface area (Å²) in [6, 6.07) is 3.64. The van der Waals surface area contributed by atoms with E-state index in [2.05, 4.69) is 14.9 Å². The molecule has 1 aliphatic rings. The van der Waals surface area contributed by atoms with E-state index in [4.69, 9.17) is 23.2 Å². The fourth-order valence-electron chi connectivity index (χ4n) is 2.00. The summed E-state index contributed by atoms with van der Waals surface area (Å²) in [5.41, 5.74) is 1.79. The summed E-state index contributed by atoms with van der Waals surface area (Å²) in [7, 11) is 0. The van der Waals surface area contributed by atoms with Crippen LogP contribution in [-0.2, 0) is 6.54 Å². The molecule has 6 heteroatoms. The molecular weight excluding hydrogens is 288 g/mol. The van der Waals surface area contributed by atoms with Crippen molar-refractivity contribution in [3.8, 4) is 0 Å². The number of aromatic nitrogens is 2. The Morgan fingerprint density at radius 2 is 2.00 bits per heavy atom. The van der Waals surface area contributed by atoms with Crippen LogP contribution in [0.2, 0.25) is 10.0 Å². The van der Waals surface area contributed by atoms with Crippen LogP contribution in [0.25, 0.3) is 0 Å². The van der Waals surface area contributed by atoms with Crippen molar-refractivity contribution in [1.29, 1.82) is 0 Å². The molecule has 1 aliphatic carbocycles. The first-order valence-electron chi connectivity index (χ1n) is 6.04. The first-order chi connectivity index (χ1) is 9.15. The Bertz CT molecular complexity index is 585. The number of benzene rings is 1. The van der Waals surface area contributed by atoms with Gasteiger partial charge in [0.2, 0.25) is 0 Å². The molecule has 1 aromatic heterocycles. The van der Waals surface area contributed by atoms with E-state index >= 15 is 0 Å². The van der Waals surface area contributed by atoms with E-state index in [9.17, 15) is 4.39 Å². The first-order valence-corrected chi connectivity index (χ1v) is 6.80. The molecular formula is C13H12Cl2FN3. The van der Waals surface area contributed by atoms with Gasteiger partial charge in [0.15, 0.2) is 5.82 Å². The summed E-state index contributed by atoms with van der Waals surface area (Å²) in [6.07, 6.45) is 6.09. The van der Waals surface area contributed by atoms with Gasteiger partial charge in [-0.25, -0.2) is 9.37 Å². The number of rotatable bonds is 4. The van der Waals surface area contributed by atoms with Crippen LogP contribution in [0, 0.1) is 5.82 Å². The van der Waals surface area contributed by atoms with Crippen LogP contribution >= 0.6 is 23.2 Å². The van der Waals surface area contributed by atoms with Crippen molar-refractivity contribution < 1.29 is 4.39 Å². The number of nitrogens with zero attached hydrogens (tertiary/aromatic N) is 2. The molecule has 100 valence electrons. The zero-order chi connectivity index (χ0) is 13.4. The maximum Gasteiger partial charge on any atom is 0.160 e. The number of imidazole rings is 1. The van der Waals surface area contributed by atoms with Gasteiger partial charge in [0.1, 0.15) is 0 Å². The van der Waals surface area contributed by atoms with Gasteiger partial charge in [0, 0.05) is 17.9 Å². The molecule has 0 unspecified atom stereocenters.